The number of ether oxygens (including phenoxy) is 5. The van der Waals surface area contributed by atoms with Gasteiger partial charge in [0, 0.05) is 19.1 Å². The lowest BCUT2D eigenvalue weighted by atomic mass is 9.89. The second kappa shape index (κ2) is 11.7. The highest BCUT2D eigenvalue weighted by Crippen LogP contribution is 2.61. The fourth-order valence-corrected chi connectivity index (χ4v) is 6.99. The van der Waals surface area contributed by atoms with Crippen molar-refractivity contribution < 1.29 is 28.8 Å². The highest BCUT2D eigenvalue weighted by molar-refractivity contribution is 5.17. The molecule has 3 heterocycles. The SMILES string of the molecule is CCCCC[C@@H](/C=C/[C@@H]1[C@H]2CC3(C[C@H]2C[C@H]1OC1CCCCO1)O[C@H]3CO)OC1CCCCO1. The van der Waals surface area contributed by atoms with Crippen LogP contribution in [0.25, 0.3) is 0 Å². The highest BCUT2D eigenvalue weighted by Gasteiger charge is 2.65. The quantitative estimate of drug-likeness (QED) is 0.252. The molecule has 9 atom stereocenters. The second-order valence-corrected chi connectivity index (χ2v) is 11.3. The van der Waals surface area contributed by atoms with E-state index >= 15 is 0 Å². The Bertz CT molecular complexity index is 657. The Kier molecular flexibility index (Phi) is 8.66. The largest absolute Gasteiger partial charge is 0.394 e. The molecule has 0 amide bonds. The van der Waals surface area contributed by atoms with Crippen LogP contribution in [0.15, 0.2) is 12.2 Å². The van der Waals surface area contributed by atoms with Gasteiger partial charge in [0.05, 0.1) is 24.4 Å². The zero-order chi connectivity index (χ0) is 23.4. The van der Waals surface area contributed by atoms with Gasteiger partial charge in [0.15, 0.2) is 12.6 Å². The monoisotopic (exact) mass is 478 g/mol. The Labute approximate surface area is 205 Å². The van der Waals surface area contributed by atoms with Crippen LogP contribution in [0.3, 0.4) is 0 Å². The van der Waals surface area contributed by atoms with Crippen LogP contribution in [0, 0.1) is 17.8 Å². The number of hydrogen-bond donors (Lipinski definition) is 1. The Hall–Kier alpha value is -0.500. The van der Waals surface area contributed by atoms with Gasteiger partial charge in [-0.15, -0.1) is 0 Å². The van der Waals surface area contributed by atoms with E-state index in [1.807, 2.05) is 0 Å². The first-order valence-corrected chi connectivity index (χ1v) is 14.2. The van der Waals surface area contributed by atoms with E-state index in [2.05, 4.69) is 19.1 Å². The summed E-state index contributed by atoms with van der Waals surface area (Å²) >= 11 is 0. The van der Waals surface area contributed by atoms with Gasteiger partial charge in [0.25, 0.3) is 0 Å². The van der Waals surface area contributed by atoms with Gasteiger partial charge in [-0.1, -0.05) is 38.3 Å². The zero-order valence-corrected chi connectivity index (χ0v) is 21.1. The van der Waals surface area contributed by atoms with Crippen LogP contribution in [0.2, 0.25) is 0 Å². The van der Waals surface area contributed by atoms with Gasteiger partial charge in [-0.05, 0) is 76.0 Å². The van der Waals surface area contributed by atoms with Crippen molar-refractivity contribution >= 4 is 0 Å². The van der Waals surface area contributed by atoms with Crippen LogP contribution in [-0.4, -0.2) is 61.4 Å². The summed E-state index contributed by atoms with van der Waals surface area (Å²) in [6.45, 7) is 4.02. The topological polar surface area (TPSA) is 69.7 Å². The van der Waals surface area contributed by atoms with Crippen LogP contribution >= 0.6 is 0 Å². The predicted molar refractivity (Wildman–Crippen MR) is 129 cm³/mol. The Morgan fingerprint density at radius 3 is 2.50 bits per heavy atom. The minimum Gasteiger partial charge on any atom is -0.394 e. The third kappa shape index (κ3) is 5.90. The van der Waals surface area contributed by atoms with Gasteiger partial charge in [-0.25, -0.2) is 0 Å². The van der Waals surface area contributed by atoms with Crippen molar-refractivity contribution in [3.05, 3.63) is 12.2 Å². The molecule has 5 aliphatic rings. The maximum Gasteiger partial charge on any atom is 0.158 e. The van der Waals surface area contributed by atoms with Crippen LogP contribution in [-0.2, 0) is 23.7 Å². The molecule has 2 aliphatic carbocycles. The van der Waals surface area contributed by atoms with E-state index in [1.165, 1.54) is 32.1 Å². The summed E-state index contributed by atoms with van der Waals surface area (Å²) < 4.78 is 30.9. The van der Waals surface area contributed by atoms with Crippen molar-refractivity contribution in [1.29, 1.82) is 0 Å². The smallest absolute Gasteiger partial charge is 0.158 e. The molecule has 2 saturated carbocycles. The molecule has 34 heavy (non-hydrogen) atoms. The average Bonchev–Trinajstić information content (AvgIpc) is 3.29. The number of epoxide rings is 1. The molecule has 194 valence electrons. The maximum absolute atomic E-state index is 9.66. The molecule has 0 aromatic rings. The Morgan fingerprint density at radius 2 is 1.82 bits per heavy atom. The van der Waals surface area contributed by atoms with E-state index in [4.69, 9.17) is 23.7 Å². The van der Waals surface area contributed by atoms with E-state index in [-0.39, 0.29) is 43.1 Å². The molecule has 3 unspecified atom stereocenters. The molecule has 0 bridgehead atoms. The maximum atomic E-state index is 9.66. The van der Waals surface area contributed by atoms with E-state index in [0.717, 1.165) is 64.6 Å². The summed E-state index contributed by atoms with van der Waals surface area (Å²) in [6.07, 6.45) is 19.4. The molecule has 6 nitrogen and oxygen atoms in total. The fraction of sp³-hybridized carbons (Fsp3) is 0.929. The van der Waals surface area contributed by atoms with Crippen molar-refractivity contribution in [2.75, 3.05) is 19.8 Å². The molecule has 1 spiro atoms. The third-order valence-electron chi connectivity index (χ3n) is 8.89. The van der Waals surface area contributed by atoms with Gasteiger partial charge in [0.1, 0.15) is 6.10 Å². The fourth-order valence-electron chi connectivity index (χ4n) is 6.99. The molecule has 0 radical (unpaired) electrons. The molecular weight excluding hydrogens is 432 g/mol. The van der Waals surface area contributed by atoms with Crippen LogP contribution in [0.1, 0.15) is 90.4 Å². The van der Waals surface area contributed by atoms with Crippen molar-refractivity contribution in [2.45, 2.75) is 127 Å². The number of aliphatic hydroxyl groups excluding tert-OH is 1. The van der Waals surface area contributed by atoms with Gasteiger partial charge >= 0.3 is 0 Å². The lowest BCUT2D eigenvalue weighted by molar-refractivity contribution is -0.193. The summed E-state index contributed by atoms with van der Waals surface area (Å²) in [5.41, 5.74) is -0.0740. The summed E-state index contributed by atoms with van der Waals surface area (Å²) in [5.74, 6) is 1.49. The van der Waals surface area contributed by atoms with Gasteiger partial charge in [-0.3, -0.25) is 0 Å². The first kappa shape index (κ1) is 25.2. The molecule has 5 fully saturated rings. The molecule has 6 heteroatoms. The summed E-state index contributed by atoms with van der Waals surface area (Å²) in [6, 6.07) is 0. The summed E-state index contributed by atoms with van der Waals surface area (Å²) in [7, 11) is 0. The van der Waals surface area contributed by atoms with Crippen LogP contribution < -0.4 is 0 Å². The van der Waals surface area contributed by atoms with Gasteiger partial charge < -0.3 is 28.8 Å². The van der Waals surface area contributed by atoms with Gasteiger partial charge in [0.2, 0.25) is 0 Å². The molecular formula is C28H46O6. The van der Waals surface area contributed by atoms with Crippen LogP contribution in [0.4, 0.5) is 0 Å². The number of rotatable bonds is 11. The minimum atomic E-state index is -0.0740. The minimum absolute atomic E-state index is 0.0392. The molecule has 0 aromatic carbocycles. The van der Waals surface area contributed by atoms with Crippen molar-refractivity contribution in [2.24, 2.45) is 17.8 Å². The summed E-state index contributed by atoms with van der Waals surface area (Å²) in [4.78, 5) is 0. The first-order valence-electron chi connectivity index (χ1n) is 14.2. The number of unbranched alkanes of at least 4 members (excludes halogenated alkanes) is 2. The molecule has 3 saturated heterocycles. The average molecular weight is 479 g/mol. The standard InChI is InChI=1S/C28H46O6/c1-2-3-4-9-21(32-26-10-5-7-14-30-26)12-13-22-23-18-28(25(19-29)34-28)17-20(23)16-24(22)33-27-11-6-8-15-31-27/h12-13,20-27,29H,2-11,14-19H2,1H3/b13-12+/t20-,21+,22-,23+,24-,25+,26?,27?,28?/m1/s1. The molecule has 0 aromatic heterocycles. The van der Waals surface area contributed by atoms with Crippen molar-refractivity contribution in [1.82, 2.24) is 0 Å². The normalized spacial score (nSPS) is 42.9. The Morgan fingerprint density at radius 1 is 1.03 bits per heavy atom. The van der Waals surface area contributed by atoms with E-state index < -0.39 is 0 Å². The highest BCUT2D eigenvalue weighted by atomic mass is 16.7. The molecule has 5 rings (SSSR count). The molecule has 3 aliphatic heterocycles. The van der Waals surface area contributed by atoms with Crippen LogP contribution in [0.5, 0.6) is 0 Å². The number of aliphatic hydroxyl groups is 1. The van der Waals surface area contributed by atoms with Crippen molar-refractivity contribution in [3.63, 3.8) is 0 Å². The molecule has 1 N–H and O–H groups in total. The number of hydrogen-bond acceptors (Lipinski definition) is 6. The third-order valence-corrected chi connectivity index (χ3v) is 8.89. The van der Waals surface area contributed by atoms with Crippen molar-refractivity contribution in [3.8, 4) is 0 Å². The first-order chi connectivity index (χ1) is 16.7. The number of fused-ring (bicyclic) bond motifs is 1. The zero-order valence-electron chi connectivity index (χ0n) is 21.1. The van der Waals surface area contributed by atoms with E-state index in [0.29, 0.717) is 17.8 Å². The second-order valence-electron chi connectivity index (χ2n) is 11.3. The summed E-state index contributed by atoms with van der Waals surface area (Å²) in [5, 5.41) is 9.66. The van der Waals surface area contributed by atoms with E-state index in [1.54, 1.807) is 0 Å². The predicted octanol–water partition coefficient (Wildman–Crippen LogP) is 5.12. The lowest BCUT2D eigenvalue weighted by Gasteiger charge is -2.30. The lowest BCUT2D eigenvalue weighted by Crippen LogP contribution is -2.32. The van der Waals surface area contributed by atoms with Gasteiger partial charge in [-0.2, -0.15) is 0 Å². The Balaban J connectivity index is 1.27. The van der Waals surface area contributed by atoms with E-state index in [9.17, 15) is 5.11 Å².